The molecule has 0 bridgehead atoms. The Bertz CT molecular complexity index is 693. The van der Waals surface area contributed by atoms with E-state index in [-0.39, 0.29) is 6.61 Å². The zero-order valence-corrected chi connectivity index (χ0v) is 13.7. The Kier molecular flexibility index (Phi) is 6.62. The topological polar surface area (TPSA) is 109 Å². The van der Waals surface area contributed by atoms with E-state index in [2.05, 4.69) is 10.3 Å². The Morgan fingerprint density at radius 3 is 2.40 bits per heavy atom. The van der Waals surface area contributed by atoms with Gasteiger partial charge in [0, 0.05) is 18.0 Å². The van der Waals surface area contributed by atoms with E-state index in [0.29, 0.717) is 11.1 Å². The SMILES string of the molecule is CCOC(=O)C(NC(=O)C(O)c1ccccc1)C(O)c1cccnc1. The van der Waals surface area contributed by atoms with Crippen molar-refractivity contribution in [1.29, 1.82) is 0 Å². The Labute approximate surface area is 145 Å². The first kappa shape index (κ1) is 18.6. The minimum atomic E-state index is -1.47. The minimum absolute atomic E-state index is 0.0895. The van der Waals surface area contributed by atoms with E-state index in [0.717, 1.165) is 0 Å². The zero-order chi connectivity index (χ0) is 18.2. The summed E-state index contributed by atoms with van der Waals surface area (Å²) in [4.78, 5) is 28.3. The first-order chi connectivity index (χ1) is 12.0. The molecule has 1 heterocycles. The number of hydrogen-bond donors (Lipinski definition) is 3. The lowest BCUT2D eigenvalue weighted by Crippen LogP contribution is -2.47. The van der Waals surface area contributed by atoms with Gasteiger partial charge in [-0.05, 0) is 18.6 Å². The number of aliphatic hydroxyl groups is 2. The monoisotopic (exact) mass is 344 g/mol. The first-order valence-electron chi connectivity index (χ1n) is 7.82. The maximum absolute atomic E-state index is 12.3. The van der Waals surface area contributed by atoms with Crippen LogP contribution in [0, 0.1) is 0 Å². The molecule has 0 saturated carbocycles. The Morgan fingerprint density at radius 2 is 1.80 bits per heavy atom. The number of benzene rings is 1. The molecule has 2 rings (SSSR count). The van der Waals surface area contributed by atoms with E-state index in [4.69, 9.17) is 4.74 Å². The Morgan fingerprint density at radius 1 is 1.12 bits per heavy atom. The zero-order valence-electron chi connectivity index (χ0n) is 13.7. The second kappa shape index (κ2) is 8.91. The fourth-order valence-electron chi connectivity index (χ4n) is 2.26. The number of aliphatic hydroxyl groups excluding tert-OH is 2. The summed E-state index contributed by atoms with van der Waals surface area (Å²) in [5, 5.41) is 22.9. The van der Waals surface area contributed by atoms with Crippen LogP contribution in [0.15, 0.2) is 54.9 Å². The fourth-order valence-corrected chi connectivity index (χ4v) is 2.26. The Hall–Kier alpha value is -2.77. The van der Waals surface area contributed by atoms with Crippen LogP contribution in [0.3, 0.4) is 0 Å². The van der Waals surface area contributed by atoms with Gasteiger partial charge in [-0.25, -0.2) is 4.79 Å². The third-order valence-corrected chi connectivity index (χ3v) is 3.54. The van der Waals surface area contributed by atoms with Gasteiger partial charge in [0.2, 0.25) is 0 Å². The molecule has 0 saturated heterocycles. The van der Waals surface area contributed by atoms with Crippen molar-refractivity contribution >= 4 is 11.9 Å². The van der Waals surface area contributed by atoms with Crippen LogP contribution >= 0.6 is 0 Å². The van der Waals surface area contributed by atoms with Gasteiger partial charge in [0.25, 0.3) is 5.91 Å². The highest BCUT2D eigenvalue weighted by molar-refractivity contribution is 5.88. The average Bonchev–Trinajstić information content (AvgIpc) is 2.66. The molecule has 7 heteroatoms. The van der Waals surface area contributed by atoms with Gasteiger partial charge >= 0.3 is 5.97 Å². The lowest BCUT2D eigenvalue weighted by molar-refractivity contribution is -0.152. The molecule has 0 radical (unpaired) electrons. The van der Waals surface area contributed by atoms with Gasteiger partial charge in [-0.3, -0.25) is 9.78 Å². The Balaban J connectivity index is 2.18. The smallest absolute Gasteiger partial charge is 0.331 e. The predicted octanol–water partition coefficient (Wildman–Crippen LogP) is 0.896. The molecule has 0 fully saturated rings. The largest absolute Gasteiger partial charge is 0.464 e. The van der Waals surface area contributed by atoms with Crippen LogP contribution in [0.4, 0.5) is 0 Å². The molecule has 3 unspecified atom stereocenters. The van der Waals surface area contributed by atoms with E-state index in [1.165, 1.54) is 12.4 Å². The van der Waals surface area contributed by atoms with Crippen LogP contribution < -0.4 is 5.32 Å². The third-order valence-electron chi connectivity index (χ3n) is 3.54. The molecule has 0 aliphatic rings. The summed E-state index contributed by atoms with van der Waals surface area (Å²) < 4.78 is 4.92. The summed E-state index contributed by atoms with van der Waals surface area (Å²) in [6.45, 7) is 1.71. The van der Waals surface area contributed by atoms with Gasteiger partial charge < -0.3 is 20.3 Å². The van der Waals surface area contributed by atoms with Crippen LogP contribution in [-0.4, -0.2) is 39.7 Å². The number of carbonyl (C=O) groups excluding carboxylic acids is 2. The summed E-state index contributed by atoms with van der Waals surface area (Å²) >= 11 is 0. The van der Waals surface area contributed by atoms with E-state index >= 15 is 0 Å². The lowest BCUT2D eigenvalue weighted by atomic mass is 10.0. The molecule has 1 aromatic heterocycles. The number of esters is 1. The van der Waals surface area contributed by atoms with Crippen LogP contribution in [0.5, 0.6) is 0 Å². The summed E-state index contributed by atoms with van der Waals surface area (Å²) in [6, 6.07) is 10.1. The highest BCUT2D eigenvalue weighted by Crippen LogP contribution is 2.19. The summed E-state index contributed by atoms with van der Waals surface area (Å²) in [6.07, 6.45) is 0.0724. The maximum Gasteiger partial charge on any atom is 0.331 e. The molecule has 0 spiro atoms. The predicted molar refractivity (Wildman–Crippen MR) is 89.2 cm³/mol. The number of nitrogens with one attached hydrogen (secondary N) is 1. The highest BCUT2D eigenvalue weighted by Gasteiger charge is 2.33. The van der Waals surface area contributed by atoms with Crippen molar-refractivity contribution in [3.05, 3.63) is 66.0 Å². The van der Waals surface area contributed by atoms with Crippen molar-refractivity contribution < 1.29 is 24.5 Å². The quantitative estimate of drug-likeness (QED) is 0.644. The van der Waals surface area contributed by atoms with Crippen molar-refractivity contribution in [3.8, 4) is 0 Å². The van der Waals surface area contributed by atoms with Gasteiger partial charge in [-0.15, -0.1) is 0 Å². The standard InChI is InChI=1S/C18H20N2O5/c1-2-25-18(24)14(15(21)13-9-6-10-19-11-13)20-17(23)16(22)12-7-4-3-5-8-12/h3-11,14-16,21-22H,2H2,1H3,(H,20,23). The van der Waals surface area contributed by atoms with Crippen LogP contribution in [0.2, 0.25) is 0 Å². The molecular weight excluding hydrogens is 324 g/mol. The summed E-state index contributed by atoms with van der Waals surface area (Å²) in [5.41, 5.74) is 0.716. The number of rotatable bonds is 7. The van der Waals surface area contributed by atoms with E-state index in [1.807, 2.05) is 0 Å². The van der Waals surface area contributed by atoms with E-state index in [9.17, 15) is 19.8 Å². The van der Waals surface area contributed by atoms with Gasteiger partial charge in [0.15, 0.2) is 12.1 Å². The molecule has 2 aromatic rings. The lowest BCUT2D eigenvalue weighted by Gasteiger charge is -2.24. The summed E-state index contributed by atoms with van der Waals surface area (Å²) in [7, 11) is 0. The average molecular weight is 344 g/mol. The third kappa shape index (κ3) is 4.85. The molecule has 25 heavy (non-hydrogen) atoms. The van der Waals surface area contributed by atoms with Gasteiger partial charge in [-0.1, -0.05) is 36.4 Å². The van der Waals surface area contributed by atoms with Crippen LogP contribution in [0.1, 0.15) is 30.3 Å². The molecule has 1 amide bonds. The van der Waals surface area contributed by atoms with Crippen molar-refractivity contribution in [2.45, 2.75) is 25.2 Å². The second-order valence-corrected chi connectivity index (χ2v) is 5.28. The molecule has 1 aromatic carbocycles. The van der Waals surface area contributed by atoms with Crippen molar-refractivity contribution in [2.75, 3.05) is 6.61 Å². The number of hydrogen-bond acceptors (Lipinski definition) is 6. The number of carbonyl (C=O) groups is 2. The number of amides is 1. The van der Waals surface area contributed by atoms with Crippen LogP contribution in [0.25, 0.3) is 0 Å². The number of nitrogens with zero attached hydrogens (tertiary/aromatic N) is 1. The van der Waals surface area contributed by atoms with Gasteiger partial charge in [0.1, 0.15) is 6.10 Å². The van der Waals surface area contributed by atoms with Crippen LogP contribution in [-0.2, 0) is 14.3 Å². The normalized spacial score (nSPS) is 14.2. The van der Waals surface area contributed by atoms with Gasteiger partial charge in [-0.2, -0.15) is 0 Å². The maximum atomic E-state index is 12.3. The van der Waals surface area contributed by atoms with Gasteiger partial charge in [0.05, 0.1) is 6.61 Å². The number of aromatic nitrogens is 1. The van der Waals surface area contributed by atoms with Crippen molar-refractivity contribution in [1.82, 2.24) is 10.3 Å². The molecule has 3 atom stereocenters. The molecule has 132 valence electrons. The number of ether oxygens (including phenoxy) is 1. The van der Waals surface area contributed by atoms with E-state index < -0.39 is 30.1 Å². The minimum Gasteiger partial charge on any atom is -0.464 e. The molecule has 3 N–H and O–H groups in total. The highest BCUT2D eigenvalue weighted by atomic mass is 16.5. The molecule has 0 aliphatic carbocycles. The molecule has 7 nitrogen and oxygen atoms in total. The second-order valence-electron chi connectivity index (χ2n) is 5.28. The summed E-state index contributed by atoms with van der Waals surface area (Å²) in [5.74, 6) is -1.61. The van der Waals surface area contributed by atoms with E-state index in [1.54, 1.807) is 49.4 Å². The van der Waals surface area contributed by atoms with Crippen molar-refractivity contribution in [2.24, 2.45) is 0 Å². The molecular formula is C18H20N2O5. The molecule has 0 aliphatic heterocycles. The van der Waals surface area contributed by atoms with Crippen molar-refractivity contribution in [3.63, 3.8) is 0 Å². The first-order valence-corrected chi connectivity index (χ1v) is 7.82. The number of pyridine rings is 1. The fraction of sp³-hybridized carbons (Fsp3) is 0.278.